The molecule has 0 bridgehead atoms. The van der Waals surface area contributed by atoms with Crippen LogP contribution in [0.3, 0.4) is 0 Å². The zero-order valence-corrected chi connectivity index (χ0v) is 20.8. The van der Waals surface area contributed by atoms with Crippen molar-refractivity contribution < 1.29 is 33.0 Å². The maximum Gasteiger partial charge on any atom is 0.490 e. The van der Waals surface area contributed by atoms with Crippen LogP contribution < -0.4 is 10.7 Å². The molecule has 11 heteroatoms. The van der Waals surface area contributed by atoms with Gasteiger partial charge in [0.25, 0.3) is 5.91 Å². The second-order valence-electron chi connectivity index (χ2n) is 8.87. The van der Waals surface area contributed by atoms with E-state index in [1.807, 2.05) is 44.2 Å². The molecule has 0 atom stereocenters. The number of hydrogen-bond acceptors (Lipinski definition) is 5. The second-order valence-corrected chi connectivity index (χ2v) is 8.87. The molecule has 2 aromatic carbocycles. The van der Waals surface area contributed by atoms with Gasteiger partial charge >= 0.3 is 12.1 Å². The van der Waals surface area contributed by atoms with Crippen molar-refractivity contribution in [2.24, 2.45) is 0 Å². The van der Waals surface area contributed by atoms with Crippen LogP contribution in [0.4, 0.5) is 13.2 Å². The summed E-state index contributed by atoms with van der Waals surface area (Å²) in [5.74, 6) is -3.52. The van der Waals surface area contributed by atoms with Crippen LogP contribution >= 0.6 is 0 Å². The number of fused-ring (bicyclic) bond motifs is 1. The Morgan fingerprint density at radius 1 is 1.00 bits per heavy atom. The van der Waals surface area contributed by atoms with Crippen LogP contribution in [0.5, 0.6) is 5.75 Å². The Kier molecular flexibility index (Phi) is 8.95. The number of alkyl halides is 3. The van der Waals surface area contributed by atoms with Crippen molar-refractivity contribution in [1.82, 2.24) is 14.8 Å². The third-order valence-corrected chi connectivity index (χ3v) is 5.99. The number of benzene rings is 2. The first kappa shape index (κ1) is 28.5. The van der Waals surface area contributed by atoms with Gasteiger partial charge < -0.3 is 25.0 Å². The third-order valence-electron chi connectivity index (χ3n) is 5.99. The van der Waals surface area contributed by atoms with E-state index < -0.39 is 23.3 Å². The van der Waals surface area contributed by atoms with Gasteiger partial charge in [0.1, 0.15) is 0 Å². The van der Waals surface area contributed by atoms with Gasteiger partial charge in [0.15, 0.2) is 11.4 Å². The van der Waals surface area contributed by atoms with E-state index >= 15 is 0 Å². The fourth-order valence-corrected chi connectivity index (χ4v) is 4.14. The smallest absolute Gasteiger partial charge is 0.490 e. The Labute approximate surface area is 217 Å². The average molecular weight is 532 g/mol. The van der Waals surface area contributed by atoms with Crippen LogP contribution in [-0.4, -0.2) is 50.3 Å². The highest BCUT2D eigenvalue weighted by Crippen LogP contribution is 2.25. The lowest BCUT2D eigenvalue weighted by Crippen LogP contribution is -2.46. The molecule has 0 radical (unpaired) electrons. The summed E-state index contributed by atoms with van der Waals surface area (Å²) in [5, 5.41) is 20.8. The lowest BCUT2D eigenvalue weighted by molar-refractivity contribution is -0.192. The minimum absolute atomic E-state index is 0.00650. The number of carboxylic acid groups (broad SMARTS) is 1. The largest absolute Gasteiger partial charge is 0.503 e. The molecule has 8 nitrogen and oxygen atoms in total. The quantitative estimate of drug-likeness (QED) is 0.443. The molecule has 1 aliphatic rings. The molecule has 2 heterocycles. The summed E-state index contributed by atoms with van der Waals surface area (Å²) >= 11 is 0. The van der Waals surface area contributed by atoms with Gasteiger partial charge in [-0.3, -0.25) is 9.59 Å². The van der Waals surface area contributed by atoms with Crippen molar-refractivity contribution in [3.05, 3.63) is 87.8 Å². The number of carboxylic acids is 1. The van der Waals surface area contributed by atoms with Crippen LogP contribution in [0, 0.1) is 0 Å². The fourth-order valence-electron chi connectivity index (χ4n) is 4.14. The maximum atomic E-state index is 12.9. The van der Waals surface area contributed by atoms with Gasteiger partial charge in [0, 0.05) is 44.0 Å². The average Bonchev–Trinajstić information content (AvgIpc) is 2.87. The maximum absolute atomic E-state index is 12.9. The minimum Gasteiger partial charge on any atom is -0.503 e. The number of aliphatic carboxylic acids is 1. The first-order valence-corrected chi connectivity index (χ1v) is 11.8. The lowest BCUT2D eigenvalue weighted by atomic mass is 10.00. The van der Waals surface area contributed by atoms with Gasteiger partial charge in [-0.25, -0.2) is 4.79 Å². The number of carbonyl (C=O) groups is 2. The molecule has 3 aromatic rings. The normalized spacial score (nSPS) is 13.1. The third kappa shape index (κ3) is 6.60. The molecule has 1 amide bonds. The van der Waals surface area contributed by atoms with Crippen molar-refractivity contribution in [2.75, 3.05) is 6.54 Å². The second kappa shape index (κ2) is 12.0. The standard InChI is InChI=1S/C25H27N3O3.C2HF3O2/c1-17(2)27-12-13-28-20(14-22(29)24(30)23(28)25(27)31)16-26-15-19-10-6-7-11-21(19)18-8-4-3-5-9-18;3-2(4,5)1(6)7/h3-11,14,17,26,30H,12-13,15-16H2,1-2H3;(H,6,7). The molecule has 0 saturated heterocycles. The number of halogens is 3. The molecule has 0 aliphatic carbocycles. The highest BCUT2D eigenvalue weighted by Gasteiger charge is 2.38. The van der Waals surface area contributed by atoms with Crippen molar-refractivity contribution in [3.8, 4) is 16.9 Å². The molecule has 202 valence electrons. The molecule has 38 heavy (non-hydrogen) atoms. The summed E-state index contributed by atoms with van der Waals surface area (Å²) in [6.45, 7) is 5.99. The number of carbonyl (C=O) groups excluding carboxylic acids is 1. The summed E-state index contributed by atoms with van der Waals surface area (Å²) in [6, 6.07) is 19.8. The number of pyridine rings is 1. The molecule has 4 rings (SSSR count). The predicted octanol–water partition coefficient (Wildman–Crippen LogP) is 4.01. The molecule has 1 aliphatic heterocycles. The molecule has 3 N–H and O–H groups in total. The van der Waals surface area contributed by atoms with Crippen molar-refractivity contribution >= 4 is 11.9 Å². The first-order chi connectivity index (χ1) is 17.9. The van der Waals surface area contributed by atoms with Gasteiger partial charge in [-0.15, -0.1) is 0 Å². The number of aromatic hydroxyl groups is 1. The zero-order valence-electron chi connectivity index (χ0n) is 20.8. The number of nitrogens with zero attached hydrogens (tertiary/aromatic N) is 2. The zero-order chi connectivity index (χ0) is 28.0. The topological polar surface area (TPSA) is 112 Å². The number of nitrogens with one attached hydrogen (secondary N) is 1. The Balaban J connectivity index is 0.000000505. The lowest BCUT2D eigenvalue weighted by Gasteiger charge is -2.34. The van der Waals surface area contributed by atoms with Gasteiger partial charge in [-0.05, 0) is 30.5 Å². The number of hydrogen-bond donors (Lipinski definition) is 3. The van der Waals surface area contributed by atoms with E-state index in [0.29, 0.717) is 31.9 Å². The van der Waals surface area contributed by atoms with Crippen LogP contribution in [0.2, 0.25) is 0 Å². The molecule has 0 unspecified atom stereocenters. The van der Waals surface area contributed by atoms with Crippen LogP contribution in [0.1, 0.15) is 35.6 Å². The van der Waals surface area contributed by atoms with E-state index in [1.165, 1.54) is 6.07 Å². The summed E-state index contributed by atoms with van der Waals surface area (Å²) in [4.78, 5) is 35.8. The van der Waals surface area contributed by atoms with E-state index in [2.05, 4.69) is 29.6 Å². The van der Waals surface area contributed by atoms with Gasteiger partial charge in [-0.1, -0.05) is 54.6 Å². The molecule has 0 saturated carbocycles. The number of amides is 1. The SMILES string of the molecule is CC(C)N1CCn2c(CNCc3ccccc3-c3ccccc3)cc(=O)c(O)c2C1=O.O=C(O)C(F)(F)F. The summed E-state index contributed by atoms with van der Waals surface area (Å²) in [5.41, 5.74) is 3.73. The Morgan fingerprint density at radius 2 is 1.61 bits per heavy atom. The molecule has 1 aromatic heterocycles. The minimum atomic E-state index is -5.08. The van der Waals surface area contributed by atoms with Crippen molar-refractivity contribution in [1.29, 1.82) is 0 Å². The number of rotatable bonds is 6. The summed E-state index contributed by atoms with van der Waals surface area (Å²) in [7, 11) is 0. The van der Waals surface area contributed by atoms with Crippen LogP contribution in [-0.2, 0) is 24.4 Å². The monoisotopic (exact) mass is 531 g/mol. The van der Waals surface area contributed by atoms with Gasteiger partial charge in [0.2, 0.25) is 5.43 Å². The van der Waals surface area contributed by atoms with E-state index in [4.69, 9.17) is 9.90 Å². The van der Waals surface area contributed by atoms with Gasteiger partial charge in [0.05, 0.1) is 0 Å². The van der Waals surface area contributed by atoms with Gasteiger partial charge in [-0.2, -0.15) is 13.2 Å². The van der Waals surface area contributed by atoms with E-state index in [1.54, 1.807) is 9.47 Å². The Bertz CT molecular complexity index is 1350. The highest BCUT2D eigenvalue weighted by molar-refractivity contribution is 5.96. The van der Waals surface area contributed by atoms with E-state index in [-0.39, 0.29) is 17.6 Å². The molecular formula is C27H28F3N3O5. The highest BCUT2D eigenvalue weighted by atomic mass is 19.4. The first-order valence-electron chi connectivity index (χ1n) is 11.8. The Morgan fingerprint density at radius 3 is 2.21 bits per heavy atom. The van der Waals surface area contributed by atoms with E-state index in [9.17, 15) is 27.9 Å². The molecular weight excluding hydrogens is 503 g/mol. The van der Waals surface area contributed by atoms with Crippen molar-refractivity contribution in [2.45, 2.75) is 45.7 Å². The summed E-state index contributed by atoms with van der Waals surface area (Å²) < 4.78 is 33.5. The Hall–Kier alpha value is -4.12. The predicted molar refractivity (Wildman–Crippen MR) is 135 cm³/mol. The van der Waals surface area contributed by atoms with Crippen LogP contribution in [0.25, 0.3) is 11.1 Å². The van der Waals surface area contributed by atoms with Crippen LogP contribution in [0.15, 0.2) is 65.5 Å². The van der Waals surface area contributed by atoms with Crippen molar-refractivity contribution in [3.63, 3.8) is 0 Å². The van der Waals surface area contributed by atoms with E-state index in [0.717, 1.165) is 16.7 Å². The fraction of sp³-hybridized carbons (Fsp3) is 0.296. The molecule has 0 fully saturated rings. The number of aromatic nitrogens is 1. The molecule has 0 spiro atoms. The summed E-state index contributed by atoms with van der Waals surface area (Å²) in [6.07, 6.45) is -5.08.